The summed E-state index contributed by atoms with van der Waals surface area (Å²) in [4.78, 5) is 2.52. The summed E-state index contributed by atoms with van der Waals surface area (Å²) in [6.07, 6.45) is 6.80. The molecule has 0 bridgehead atoms. The molecule has 0 spiro atoms. The van der Waals surface area contributed by atoms with E-state index in [0.29, 0.717) is 6.61 Å². The molecule has 1 saturated carbocycles. The van der Waals surface area contributed by atoms with Gasteiger partial charge in [-0.05, 0) is 18.4 Å². The van der Waals surface area contributed by atoms with E-state index in [-0.39, 0.29) is 0 Å². The number of hydrogen-bond donors (Lipinski definition) is 0. The minimum Gasteiger partial charge on any atom is -0.375 e. The molecule has 3 heteroatoms. The van der Waals surface area contributed by atoms with Crippen molar-refractivity contribution >= 4 is 11.6 Å². The van der Waals surface area contributed by atoms with Crippen molar-refractivity contribution in [2.24, 2.45) is 0 Å². The largest absolute Gasteiger partial charge is 0.375 e. The Labute approximate surface area is 128 Å². The molecule has 0 aromatic heterocycles. The van der Waals surface area contributed by atoms with E-state index < -0.39 is 0 Å². The Bertz CT molecular complexity index is 351. The normalized spacial score (nSPS) is 16.7. The first-order valence-corrected chi connectivity index (χ1v) is 8.35. The summed E-state index contributed by atoms with van der Waals surface area (Å²) in [6, 6.07) is 11.1. The fraction of sp³-hybridized carbons (Fsp3) is 0.647. The molecular formula is C17H26ClNO. The average Bonchev–Trinajstić information content (AvgIpc) is 2.52. The minimum atomic E-state index is 0.709. The van der Waals surface area contributed by atoms with Crippen molar-refractivity contribution in [1.82, 2.24) is 4.90 Å². The summed E-state index contributed by atoms with van der Waals surface area (Å²) in [5.74, 6) is 0.717. The third-order valence-electron chi connectivity index (χ3n) is 4.10. The van der Waals surface area contributed by atoms with E-state index in [1.165, 1.54) is 37.7 Å². The minimum absolute atomic E-state index is 0.709. The van der Waals surface area contributed by atoms with Crippen molar-refractivity contribution in [2.45, 2.75) is 44.8 Å². The van der Waals surface area contributed by atoms with Gasteiger partial charge in [-0.15, -0.1) is 11.6 Å². The Hall–Kier alpha value is -0.570. The molecule has 0 amide bonds. The van der Waals surface area contributed by atoms with E-state index >= 15 is 0 Å². The lowest BCUT2D eigenvalue weighted by Crippen LogP contribution is -2.40. The predicted octanol–water partition coefficient (Wildman–Crippen LogP) is 4.08. The highest BCUT2D eigenvalue weighted by atomic mass is 35.5. The van der Waals surface area contributed by atoms with Crippen molar-refractivity contribution in [1.29, 1.82) is 0 Å². The fourth-order valence-electron chi connectivity index (χ4n) is 2.98. The number of ether oxygens (including phenoxy) is 1. The maximum atomic E-state index is 5.94. The maximum absolute atomic E-state index is 5.94. The Morgan fingerprint density at radius 2 is 1.80 bits per heavy atom. The first-order valence-electron chi connectivity index (χ1n) is 7.82. The molecule has 112 valence electrons. The highest BCUT2D eigenvalue weighted by Gasteiger charge is 2.20. The van der Waals surface area contributed by atoms with Crippen molar-refractivity contribution < 1.29 is 4.74 Å². The van der Waals surface area contributed by atoms with Crippen LogP contribution in [0, 0.1) is 0 Å². The van der Waals surface area contributed by atoms with Crippen LogP contribution in [-0.2, 0) is 11.3 Å². The van der Waals surface area contributed by atoms with E-state index in [4.69, 9.17) is 16.3 Å². The van der Waals surface area contributed by atoms with Crippen LogP contribution in [0.5, 0.6) is 0 Å². The molecule has 1 aliphatic carbocycles. The first-order chi connectivity index (χ1) is 9.90. The summed E-state index contributed by atoms with van der Waals surface area (Å²) in [7, 11) is 0. The van der Waals surface area contributed by atoms with Crippen LogP contribution in [0.3, 0.4) is 0 Å². The molecule has 2 rings (SSSR count). The second-order valence-electron chi connectivity index (χ2n) is 5.55. The molecule has 0 unspecified atom stereocenters. The summed E-state index contributed by atoms with van der Waals surface area (Å²) in [6.45, 7) is 3.49. The van der Waals surface area contributed by atoms with Crippen molar-refractivity contribution in [2.75, 3.05) is 25.6 Å². The van der Waals surface area contributed by atoms with E-state index in [1.54, 1.807) is 0 Å². The molecule has 1 aromatic rings. The van der Waals surface area contributed by atoms with Crippen LogP contribution in [0.4, 0.5) is 0 Å². The molecule has 0 radical (unpaired) electrons. The van der Waals surface area contributed by atoms with Gasteiger partial charge in [0.25, 0.3) is 0 Å². The summed E-state index contributed by atoms with van der Waals surface area (Å²) in [5, 5.41) is 0. The van der Waals surface area contributed by atoms with Gasteiger partial charge in [-0.1, -0.05) is 49.6 Å². The van der Waals surface area contributed by atoms with Gasteiger partial charge in [-0.25, -0.2) is 0 Å². The smallest absolute Gasteiger partial charge is 0.0717 e. The van der Waals surface area contributed by atoms with E-state index in [2.05, 4.69) is 29.2 Å². The highest BCUT2D eigenvalue weighted by Crippen LogP contribution is 2.22. The molecule has 1 aromatic carbocycles. The third kappa shape index (κ3) is 5.43. The van der Waals surface area contributed by atoms with E-state index in [0.717, 1.165) is 31.6 Å². The number of nitrogens with zero attached hydrogens (tertiary/aromatic N) is 1. The van der Waals surface area contributed by atoms with Crippen LogP contribution in [0.2, 0.25) is 0 Å². The van der Waals surface area contributed by atoms with Gasteiger partial charge in [-0.3, -0.25) is 4.90 Å². The zero-order valence-corrected chi connectivity index (χ0v) is 13.0. The van der Waals surface area contributed by atoms with Gasteiger partial charge in [0.1, 0.15) is 0 Å². The lowest BCUT2D eigenvalue weighted by atomic mass is 9.94. The summed E-state index contributed by atoms with van der Waals surface area (Å²) in [5.41, 5.74) is 1.24. The van der Waals surface area contributed by atoms with Crippen LogP contribution in [0.25, 0.3) is 0 Å². The Morgan fingerprint density at radius 3 is 2.50 bits per heavy atom. The zero-order chi connectivity index (χ0) is 14.0. The SMILES string of the molecule is ClCCN(CCOCc1ccccc1)C1CCCCC1. The van der Waals surface area contributed by atoms with Crippen molar-refractivity contribution in [3.05, 3.63) is 35.9 Å². The van der Waals surface area contributed by atoms with Gasteiger partial charge in [0, 0.05) is 25.0 Å². The topological polar surface area (TPSA) is 12.5 Å². The van der Waals surface area contributed by atoms with Gasteiger partial charge in [0.05, 0.1) is 13.2 Å². The number of benzene rings is 1. The van der Waals surface area contributed by atoms with Crippen LogP contribution in [-0.4, -0.2) is 36.5 Å². The molecule has 20 heavy (non-hydrogen) atoms. The van der Waals surface area contributed by atoms with Crippen molar-refractivity contribution in [3.8, 4) is 0 Å². The molecule has 1 aliphatic rings. The lowest BCUT2D eigenvalue weighted by Gasteiger charge is -2.33. The quantitative estimate of drug-likeness (QED) is 0.529. The van der Waals surface area contributed by atoms with E-state index in [9.17, 15) is 0 Å². The predicted molar refractivity (Wildman–Crippen MR) is 85.3 cm³/mol. The molecule has 0 aliphatic heterocycles. The number of halogens is 1. The van der Waals surface area contributed by atoms with Gasteiger partial charge < -0.3 is 4.74 Å². The molecule has 0 atom stereocenters. The molecule has 2 nitrogen and oxygen atoms in total. The fourth-order valence-corrected chi connectivity index (χ4v) is 3.19. The van der Waals surface area contributed by atoms with Gasteiger partial charge in [0.15, 0.2) is 0 Å². The van der Waals surface area contributed by atoms with Gasteiger partial charge in [-0.2, -0.15) is 0 Å². The molecule has 0 heterocycles. The van der Waals surface area contributed by atoms with Crippen LogP contribution in [0.15, 0.2) is 30.3 Å². The number of alkyl halides is 1. The Morgan fingerprint density at radius 1 is 1.05 bits per heavy atom. The Balaban J connectivity index is 1.69. The zero-order valence-electron chi connectivity index (χ0n) is 12.3. The third-order valence-corrected chi connectivity index (χ3v) is 4.27. The molecular weight excluding hydrogens is 270 g/mol. The van der Waals surface area contributed by atoms with E-state index in [1.807, 2.05) is 6.07 Å². The number of hydrogen-bond acceptors (Lipinski definition) is 2. The second-order valence-corrected chi connectivity index (χ2v) is 5.93. The van der Waals surface area contributed by atoms with Gasteiger partial charge >= 0.3 is 0 Å². The summed E-state index contributed by atoms with van der Waals surface area (Å²) < 4.78 is 5.80. The standard InChI is InChI=1S/C17H26ClNO/c18-11-12-19(17-9-5-2-6-10-17)13-14-20-15-16-7-3-1-4-8-16/h1,3-4,7-8,17H,2,5-6,9-15H2. The first kappa shape index (κ1) is 15.8. The monoisotopic (exact) mass is 295 g/mol. The van der Waals surface area contributed by atoms with Crippen molar-refractivity contribution in [3.63, 3.8) is 0 Å². The molecule has 1 fully saturated rings. The second kappa shape index (κ2) is 9.38. The van der Waals surface area contributed by atoms with Crippen LogP contribution < -0.4 is 0 Å². The Kier molecular flexibility index (Phi) is 7.42. The molecule has 0 N–H and O–H groups in total. The lowest BCUT2D eigenvalue weighted by molar-refractivity contribution is 0.0712. The van der Waals surface area contributed by atoms with Crippen LogP contribution >= 0.6 is 11.6 Å². The maximum Gasteiger partial charge on any atom is 0.0717 e. The van der Waals surface area contributed by atoms with Crippen LogP contribution in [0.1, 0.15) is 37.7 Å². The summed E-state index contributed by atoms with van der Waals surface area (Å²) >= 11 is 5.94. The van der Waals surface area contributed by atoms with Gasteiger partial charge in [0.2, 0.25) is 0 Å². The average molecular weight is 296 g/mol. The molecule has 0 saturated heterocycles. The number of rotatable bonds is 8. The highest BCUT2D eigenvalue weighted by molar-refractivity contribution is 6.18.